The van der Waals surface area contributed by atoms with Crippen molar-refractivity contribution in [2.75, 3.05) is 11.9 Å². The van der Waals surface area contributed by atoms with Crippen LogP contribution >= 0.6 is 0 Å². The second-order valence-electron chi connectivity index (χ2n) is 11.3. The molecule has 1 aliphatic carbocycles. The average Bonchev–Trinajstić information content (AvgIpc) is 3.64. The standard InChI is InChI=1S/C33H37N3O5/c37-20-30-32-28(27-16-25(14-15-29(27)41-32)36-33(39)35-24-8-4-5-9-24)17-26(40-30)18-31(38)34-19-21-10-12-23(13-11-21)22-6-2-1-3-7-22/h1-3,6-7,10-16,24,26,28,30,32,37H,4-5,8-9,17-20H2,(H,34,38)(H2,35,36,39)/t26-,28+,30+,32-/m0/s1. The first-order valence-corrected chi connectivity index (χ1v) is 14.6. The number of aliphatic hydroxyl groups is 1. The highest BCUT2D eigenvalue weighted by Crippen LogP contribution is 2.47. The monoisotopic (exact) mass is 555 g/mol. The lowest BCUT2D eigenvalue weighted by Crippen LogP contribution is -2.47. The van der Waals surface area contributed by atoms with E-state index >= 15 is 0 Å². The van der Waals surface area contributed by atoms with Crippen LogP contribution in [0.4, 0.5) is 10.5 Å². The van der Waals surface area contributed by atoms with Crippen LogP contribution in [0.5, 0.6) is 5.75 Å². The van der Waals surface area contributed by atoms with Gasteiger partial charge in [-0.05, 0) is 54.2 Å². The van der Waals surface area contributed by atoms with Gasteiger partial charge in [-0.2, -0.15) is 0 Å². The molecular formula is C33H37N3O5. The average molecular weight is 556 g/mol. The van der Waals surface area contributed by atoms with Gasteiger partial charge in [0.15, 0.2) is 0 Å². The van der Waals surface area contributed by atoms with Gasteiger partial charge < -0.3 is 30.5 Å². The van der Waals surface area contributed by atoms with Crippen LogP contribution in [0.1, 0.15) is 55.6 Å². The molecule has 3 amide bonds. The number of benzene rings is 3. The Hall–Kier alpha value is -3.88. The topological polar surface area (TPSA) is 109 Å². The second-order valence-corrected chi connectivity index (χ2v) is 11.3. The molecule has 0 bridgehead atoms. The Labute approximate surface area is 240 Å². The highest BCUT2D eigenvalue weighted by Gasteiger charge is 2.46. The molecule has 0 aromatic heterocycles. The number of rotatable bonds is 8. The summed E-state index contributed by atoms with van der Waals surface area (Å²) >= 11 is 0. The first-order valence-electron chi connectivity index (χ1n) is 14.6. The minimum atomic E-state index is -0.536. The third-order valence-electron chi connectivity index (χ3n) is 8.41. The summed E-state index contributed by atoms with van der Waals surface area (Å²) in [6, 6.07) is 24.0. The molecule has 0 spiro atoms. The summed E-state index contributed by atoms with van der Waals surface area (Å²) in [5.74, 6) is 0.585. The number of hydrogen-bond acceptors (Lipinski definition) is 5. The number of amides is 3. The fourth-order valence-electron chi connectivity index (χ4n) is 6.31. The van der Waals surface area contributed by atoms with E-state index in [1.807, 2.05) is 48.5 Å². The number of aliphatic hydroxyl groups excluding tert-OH is 1. The molecule has 8 heteroatoms. The first kappa shape index (κ1) is 27.3. The Morgan fingerprint density at radius 3 is 2.44 bits per heavy atom. The normalized spacial score (nSPS) is 23.2. The molecule has 3 aromatic carbocycles. The number of carbonyl (C=O) groups is 2. The summed E-state index contributed by atoms with van der Waals surface area (Å²) in [7, 11) is 0. The van der Waals surface area contributed by atoms with Crippen LogP contribution in [-0.2, 0) is 16.1 Å². The summed E-state index contributed by atoms with van der Waals surface area (Å²) in [4.78, 5) is 25.4. The van der Waals surface area contributed by atoms with Crippen LogP contribution in [0.15, 0.2) is 72.8 Å². The van der Waals surface area contributed by atoms with Crippen molar-refractivity contribution in [2.45, 2.75) is 75.3 Å². The first-order chi connectivity index (χ1) is 20.1. The van der Waals surface area contributed by atoms with Gasteiger partial charge in [0.1, 0.15) is 18.0 Å². The molecule has 2 aliphatic heterocycles. The Bertz CT molecular complexity index is 1360. The molecule has 3 aromatic rings. The summed E-state index contributed by atoms with van der Waals surface area (Å²) in [6.45, 7) is 0.232. The maximum Gasteiger partial charge on any atom is 0.319 e. The van der Waals surface area contributed by atoms with E-state index in [9.17, 15) is 14.7 Å². The zero-order chi connectivity index (χ0) is 28.2. The van der Waals surface area contributed by atoms with Crippen LogP contribution in [0.3, 0.4) is 0 Å². The Morgan fingerprint density at radius 1 is 0.927 bits per heavy atom. The van der Waals surface area contributed by atoms with Crippen molar-refractivity contribution in [3.63, 3.8) is 0 Å². The Balaban J connectivity index is 1.05. The molecule has 1 saturated carbocycles. The van der Waals surface area contributed by atoms with Gasteiger partial charge in [-0.25, -0.2) is 4.79 Å². The van der Waals surface area contributed by atoms with Gasteiger partial charge in [-0.15, -0.1) is 0 Å². The number of anilines is 1. The lowest BCUT2D eigenvalue weighted by atomic mass is 9.84. The van der Waals surface area contributed by atoms with Crippen LogP contribution < -0.4 is 20.7 Å². The predicted octanol–water partition coefficient (Wildman–Crippen LogP) is 5.12. The lowest BCUT2D eigenvalue weighted by molar-refractivity contribution is -0.142. The molecule has 2 heterocycles. The quantitative estimate of drug-likeness (QED) is 0.309. The van der Waals surface area contributed by atoms with Crippen molar-refractivity contribution in [1.82, 2.24) is 10.6 Å². The maximum absolute atomic E-state index is 12.9. The molecule has 0 unspecified atom stereocenters. The van der Waals surface area contributed by atoms with E-state index in [0.717, 1.165) is 53.7 Å². The van der Waals surface area contributed by atoms with Crippen LogP contribution in [0.25, 0.3) is 11.1 Å². The maximum atomic E-state index is 12.9. The molecule has 0 radical (unpaired) electrons. The summed E-state index contributed by atoms with van der Waals surface area (Å²) in [5, 5.41) is 19.1. The molecule has 3 aliphatic rings. The van der Waals surface area contributed by atoms with Gasteiger partial charge in [0.05, 0.1) is 19.1 Å². The predicted molar refractivity (Wildman–Crippen MR) is 157 cm³/mol. The molecule has 8 nitrogen and oxygen atoms in total. The number of fused-ring (bicyclic) bond motifs is 3. The van der Waals surface area contributed by atoms with Crippen molar-refractivity contribution in [3.8, 4) is 16.9 Å². The third-order valence-corrected chi connectivity index (χ3v) is 8.41. The van der Waals surface area contributed by atoms with Gasteiger partial charge in [0.25, 0.3) is 0 Å². The van der Waals surface area contributed by atoms with Gasteiger partial charge in [-0.1, -0.05) is 67.4 Å². The molecule has 4 N–H and O–H groups in total. The molecule has 1 saturated heterocycles. The second kappa shape index (κ2) is 12.3. The Kier molecular flexibility index (Phi) is 8.21. The number of nitrogens with one attached hydrogen (secondary N) is 3. The zero-order valence-corrected chi connectivity index (χ0v) is 23.1. The van der Waals surface area contributed by atoms with Gasteiger partial charge in [0.2, 0.25) is 5.91 Å². The van der Waals surface area contributed by atoms with Crippen molar-refractivity contribution in [2.24, 2.45) is 0 Å². The zero-order valence-electron chi connectivity index (χ0n) is 23.1. The summed E-state index contributed by atoms with van der Waals surface area (Å²) < 4.78 is 12.3. The molecule has 214 valence electrons. The van der Waals surface area contributed by atoms with Crippen LogP contribution in [0, 0.1) is 0 Å². The van der Waals surface area contributed by atoms with E-state index in [4.69, 9.17) is 9.47 Å². The SMILES string of the molecule is O=C(C[C@@H]1C[C@@H]2c3cc(NC(=O)NC4CCCC4)ccc3O[C@@H]2[C@@H](CO)O1)NCc1ccc(-c2ccccc2)cc1. The van der Waals surface area contributed by atoms with E-state index in [-0.39, 0.29) is 49.1 Å². The highest BCUT2D eigenvalue weighted by molar-refractivity contribution is 5.89. The van der Waals surface area contributed by atoms with Gasteiger partial charge in [0, 0.05) is 29.8 Å². The third kappa shape index (κ3) is 6.39. The van der Waals surface area contributed by atoms with Crippen molar-refractivity contribution in [3.05, 3.63) is 83.9 Å². The minimum absolute atomic E-state index is 0.0427. The van der Waals surface area contributed by atoms with Crippen molar-refractivity contribution >= 4 is 17.6 Å². The van der Waals surface area contributed by atoms with Gasteiger partial charge in [-0.3, -0.25) is 4.79 Å². The smallest absolute Gasteiger partial charge is 0.319 e. The van der Waals surface area contributed by atoms with E-state index in [2.05, 4.69) is 40.2 Å². The molecule has 4 atom stereocenters. The summed E-state index contributed by atoms with van der Waals surface area (Å²) in [6.07, 6.45) is 3.90. The van der Waals surface area contributed by atoms with E-state index in [0.29, 0.717) is 18.7 Å². The van der Waals surface area contributed by atoms with Crippen LogP contribution in [0.2, 0.25) is 0 Å². The lowest BCUT2D eigenvalue weighted by Gasteiger charge is -2.37. The summed E-state index contributed by atoms with van der Waals surface area (Å²) in [5.41, 5.74) is 4.98. The fraction of sp³-hybridized carbons (Fsp3) is 0.394. The number of ether oxygens (including phenoxy) is 2. The molecule has 6 rings (SSSR count). The largest absolute Gasteiger partial charge is 0.487 e. The van der Waals surface area contributed by atoms with Gasteiger partial charge >= 0.3 is 6.03 Å². The minimum Gasteiger partial charge on any atom is -0.487 e. The highest BCUT2D eigenvalue weighted by atomic mass is 16.6. The van der Waals surface area contributed by atoms with E-state index in [1.54, 1.807) is 0 Å². The number of urea groups is 1. The molecular weight excluding hydrogens is 518 g/mol. The van der Waals surface area contributed by atoms with E-state index < -0.39 is 6.10 Å². The molecule has 2 fully saturated rings. The van der Waals surface area contributed by atoms with Crippen LogP contribution in [-0.4, -0.2) is 48.0 Å². The Morgan fingerprint density at radius 2 is 1.68 bits per heavy atom. The number of carbonyl (C=O) groups excluding carboxylic acids is 2. The number of hydrogen-bond donors (Lipinski definition) is 4. The fourth-order valence-corrected chi connectivity index (χ4v) is 6.31. The van der Waals surface area contributed by atoms with Crippen molar-refractivity contribution in [1.29, 1.82) is 0 Å². The molecule has 41 heavy (non-hydrogen) atoms. The van der Waals surface area contributed by atoms with E-state index in [1.165, 1.54) is 0 Å². The van der Waals surface area contributed by atoms with Crippen molar-refractivity contribution < 1.29 is 24.2 Å².